The van der Waals surface area contributed by atoms with Gasteiger partial charge in [0.15, 0.2) is 5.96 Å². The Morgan fingerprint density at radius 2 is 2.00 bits per heavy atom. The number of nitrogens with zero attached hydrogens (tertiary/aromatic N) is 2. The van der Waals surface area contributed by atoms with Crippen LogP contribution in [0.5, 0.6) is 0 Å². The molecule has 1 aromatic heterocycles. The second-order valence-corrected chi connectivity index (χ2v) is 8.76. The second-order valence-electron chi connectivity index (χ2n) is 7.25. The summed E-state index contributed by atoms with van der Waals surface area (Å²) in [7, 11) is 0. The van der Waals surface area contributed by atoms with Gasteiger partial charge >= 0.3 is 0 Å². The maximum absolute atomic E-state index is 5.94. The average molecular weight is 494 g/mol. The molecule has 7 heteroatoms. The minimum atomic E-state index is 0. The first-order valence-corrected chi connectivity index (χ1v) is 10.6. The predicted octanol–water partition coefficient (Wildman–Crippen LogP) is 4.04. The van der Waals surface area contributed by atoms with Gasteiger partial charge < -0.3 is 15.1 Å². The number of aliphatic imine (C=N–C) groups is 1. The molecule has 1 aliphatic rings. The number of guanidine groups is 1. The zero-order valence-corrected chi connectivity index (χ0v) is 19.9. The molecule has 0 aliphatic carbocycles. The maximum atomic E-state index is 5.94. The number of hydrogen-bond donors (Lipinski definition) is 2. The minimum absolute atomic E-state index is 0. The van der Waals surface area contributed by atoms with E-state index in [9.17, 15) is 0 Å². The molecule has 0 radical (unpaired) electrons. The number of nitrogens with one attached hydrogen (secondary N) is 2. The fourth-order valence-corrected chi connectivity index (χ4v) is 3.16. The van der Waals surface area contributed by atoms with Crippen molar-refractivity contribution in [1.82, 2.24) is 15.5 Å². The van der Waals surface area contributed by atoms with Crippen molar-refractivity contribution in [3.63, 3.8) is 0 Å². The second kappa shape index (κ2) is 11.4. The number of halogens is 1. The van der Waals surface area contributed by atoms with Crippen molar-refractivity contribution in [2.75, 3.05) is 39.0 Å². The Balaban J connectivity index is 0.00000338. The van der Waals surface area contributed by atoms with Crippen molar-refractivity contribution in [2.24, 2.45) is 4.99 Å². The number of rotatable bonds is 8. The first kappa shape index (κ1) is 23.6. The van der Waals surface area contributed by atoms with Crippen LogP contribution < -0.4 is 10.6 Å². The smallest absolute Gasteiger partial charge is 0.191 e. The minimum Gasteiger partial charge on any atom is -0.465 e. The molecular weight excluding hydrogens is 459 g/mol. The summed E-state index contributed by atoms with van der Waals surface area (Å²) in [4.78, 5) is 7.29. The summed E-state index contributed by atoms with van der Waals surface area (Å²) in [6.07, 6.45) is 4.68. The molecule has 2 N–H and O–H groups in total. The van der Waals surface area contributed by atoms with E-state index in [-0.39, 0.29) is 34.8 Å². The Morgan fingerprint density at radius 1 is 1.31 bits per heavy atom. The zero-order chi connectivity index (χ0) is 18.3. The lowest BCUT2D eigenvalue weighted by molar-refractivity contribution is 0.213. The molecule has 0 aromatic carbocycles. The lowest BCUT2D eigenvalue weighted by atomic mass is 10.2. The monoisotopic (exact) mass is 494 g/mol. The Hall–Kier alpha value is -0.410. The van der Waals surface area contributed by atoms with E-state index >= 15 is 0 Å². The van der Waals surface area contributed by atoms with Gasteiger partial charge in [0, 0.05) is 17.8 Å². The van der Waals surface area contributed by atoms with Gasteiger partial charge in [-0.1, -0.05) is 0 Å². The van der Waals surface area contributed by atoms with E-state index in [0.29, 0.717) is 0 Å². The van der Waals surface area contributed by atoms with Gasteiger partial charge in [-0.25, -0.2) is 0 Å². The zero-order valence-electron chi connectivity index (χ0n) is 16.8. The molecule has 2 rings (SSSR count). The van der Waals surface area contributed by atoms with Gasteiger partial charge in [0.1, 0.15) is 11.5 Å². The van der Waals surface area contributed by atoms with Gasteiger partial charge in [-0.3, -0.25) is 9.89 Å². The largest absolute Gasteiger partial charge is 0.465 e. The highest BCUT2D eigenvalue weighted by Crippen LogP contribution is 2.26. The molecule has 26 heavy (non-hydrogen) atoms. The average Bonchev–Trinajstić information content (AvgIpc) is 3.25. The molecule has 0 spiro atoms. The van der Waals surface area contributed by atoms with Crippen LogP contribution in [0.15, 0.2) is 21.5 Å². The van der Waals surface area contributed by atoms with Crippen LogP contribution in [0.3, 0.4) is 0 Å². The summed E-state index contributed by atoms with van der Waals surface area (Å²) in [5.74, 6) is 2.91. The molecule has 1 unspecified atom stereocenters. The summed E-state index contributed by atoms with van der Waals surface area (Å²) in [6.45, 7) is 13.3. The number of aryl methyl sites for hydroxylation is 1. The molecule has 2 heterocycles. The highest BCUT2D eigenvalue weighted by molar-refractivity contribution is 14.0. The van der Waals surface area contributed by atoms with Crippen molar-refractivity contribution in [1.29, 1.82) is 0 Å². The van der Waals surface area contributed by atoms with Gasteiger partial charge in [0.2, 0.25) is 0 Å². The topological polar surface area (TPSA) is 52.8 Å². The van der Waals surface area contributed by atoms with Crippen LogP contribution in [0.2, 0.25) is 0 Å². The summed E-state index contributed by atoms with van der Waals surface area (Å²) in [5, 5.41) is 6.89. The number of hydrogen-bond acceptors (Lipinski definition) is 4. The van der Waals surface area contributed by atoms with Crippen molar-refractivity contribution >= 4 is 41.7 Å². The maximum Gasteiger partial charge on any atom is 0.191 e. The molecule has 0 amide bonds. The van der Waals surface area contributed by atoms with E-state index < -0.39 is 0 Å². The lowest BCUT2D eigenvalue weighted by Crippen LogP contribution is -2.43. The Bertz CT molecular complexity index is 555. The van der Waals surface area contributed by atoms with Crippen molar-refractivity contribution in [3.8, 4) is 0 Å². The van der Waals surface area contributed by atoms with E-state index in [1.54, 1.807) is 0 Å². The van der Waals surface area contributed by atoms with Gasteiger partial charge in [0.05, 0.1) is 12.6 Å². The fourth-order valence-electron chi connectivity index (χ4n) is 2.96. The molecule has 1 aromatic rings. The van der Waals surface area contributed by atoms with E-state index in [1.807, 2.05) is 18.7 Å². The van der Waals surface area contributed by atoms with Gasteiger partial charge in [0.25, 0.3) is 0 Å². The first-order chi connectivity index (χ1) is 11.9. The first-order valence-electron chi connectivity index (χ1n) is 9.33. The third-order valence-corrected chi connectivity index (χ3v) is 5.88. The third kappa shape index (κ3) is 7.31. The normalized spacial score (nSPS) is 17.0. The lowest BCUT2D eigenvalue weighted by Gasteiger charge is -2.27. The standard InChI is InChI=1S/C19H34N4OS.HI/c1-6-20-18(22-14-19(3,4)25-5)21-13-16(23-11-7-8-12-23)17-10-9-15(2)24-17;/h9-10,16H,6-8,11-14H2,1-5H3,(H2,20,21,22);1H. The molecule has 1 atom stereocenters. The molecular formula is C19H35IN4OS. The van der Waals surface area contributed by atoms with Gasteiger partial charge in [-0.2, -0.15) is 11.8 Å². The predicted molar refractivity (Wildman–Crippen MR) is 124 cm³/mol. The Kier molecular flexibility index (Phi) is 10.4. The van der Waals surface area contributed by atoms with E-state index in [1.165, 1.54) is 12.8 Å². The van der Waals surface area contributed by atoms with Gasteiger partial charge in [-0.15, -0.1) is 24.0 Å². The summed E-state index contributed by atoms with van der Waals surface area (Å²) < 4.78 is 6.08. The van der Waals surface area contributed by atoms with Crippen molar-refractivity contribution < 1.29 is 4.42 Å². The summed E-state index contributed by atoms with van der Waals surface area (Å²) >= 11 is 1.85. The molecule has 1 fully saturated rings. The number of thioether (sulfide) groups is 1. The summed E-state index contributed by atoms with van der Waals surface area (Å²) in [5.41, 5.74) is 0. The molecule has 150 valence electrons. The SMILES string of the molecule is CCNC(=NCC(C)(C)SC)NCC(c1ccc(C)o1)N1CCCC1.I. The van der Waals surface area contributed by atoms with Crippen LogP contribution in [0.1, 0.15) is 51.2 Å². The van der Waals surface area contributed by atoms with Crippen LogP contribution in [-0.4, -0.2) is 54.6 Å². The van der Waals surface area contributed by atoms with Crippen LogP contribution in [0, 0.1) is 6.92 Å². The van der Waals surface area contributed by atoms with Crippen LogP contribution in [0.4, 0.5) is 0 Å². The highest BCUT2D eigenvalue weighted by atomic mass is 127. The fraction of sp³-hybridized carbons (Fsp3) is 0.737. The van der Waals surface area contributed by atoms with Crippen LogP contribution in [0.25, 0.3) is 0 Å². The molecule has 0 bridgehead atoms. The van der Waals surface area contributed by atoms with Crippen LogP contribution in [-0.2, 0) is 0 Å². The number of likely N-dealkylation sites (tertiary alicyclic amines) is 1. The van der Waals surface area contributed by atoms with E-state index in [4.69, 9.17) is 9.41 Å². The molecule has 1 saturated heterocycles. The third-order valence-electron chi connectivity index (χ3n) is 4.65. The van der Waals surface area contributed by atoms with E-state index in [0.717, 1.165) is 50.2 Å². The van der Waals surface area contributed by atoms with E-state index in [2.05, 4.69) is 54.7 Å². The van der Waals surface area contributed by atoms with Crippen molar-refractivity contribution in [2.45, 2.75) is 51.3 Å². The quantitative estimate of drug-likeness (QED) is 0.325. The number of furan rings is 1. The Labute approximate surface area is 180 Å². The van der Waals surface area contributed by atoms with Crippen LogP contribution >= 0.6 is 35.7 Å². The summed E-state index contributed by atoms with van der Waals surface area (Å²) in [6, 6.07) is 4.42. The molecule has 0 saturated carbocycles. The molecule has 5 nitrogen and oxygen atoms in total. The molecule has 1 aliphatic heterocycles. The highest BCUT2D eigenvalue weighted by Gasteiger charge is 2.26. The van der Waals surface area contributed by atoms with Gasteiger partial charge in [-0.05, 0) is 72.0 Å². The van der Waals surface area contributed by atoms with Crippen molar-refractivity contribution in [3.05, 3.63) is 23.7 Å². The Morgan fingerprint density at radius 3 is 2.54 bits per heavy atom.